The molecule has 0 aliphatic rings. The minimum atomic E-state index is 0.454. The molecule has 1 aromatic heterocycles. The minimum absolute atomic E-state index is 0.454. The fourth-order valence-corrected chi connectivity index (χ4v) is 4.60. The molecule has 2 unspecified atom stereocenters. The van der Waals surface area contributed by atoms with Gasteiger partial charge in [0.1, 0.15) is 5.01 Å². The van der Waals surface area contributed by atoms with E-state index >= 15 is 0 Å². The van der Waals surface area contributed by atoms with Gasteiger partial charge in [-0.2, -0.15) is 0 Å². The quantitative estimate of drug-likeness (QED) is 0.333. The summed E-state index contributed by atoms with van der Waals surface area (Å²) in [5, 5.41) is 3.38. The molecule has 138 valence electrons. The van der Waals surface area contributed by atoms with E-state index in [0.29, 0.717) is 11.8 Å². The van der Waals surface area contributed by atoms with E-state index in [1.807, 2.05) is 6.20 Å². The van der Waals surface area contributed by atoms with E-state index in [1.165, 1.54) is 74.8 Å². The predicted molar refractivity (Wildman–Crippen MR) is 111 cm³/mol. The molecular weight excluding hydrogens is 322 g/mol. The molecule has 0 aliphatic carbocycles. The summed E-state index contributed by atoms with van der Waals surface area (Å²) in [6, 6.07) is 10.9. The Morgan fingerprint density at radius 3 is 2.12 bits per heavy atom. The number of unbranched alkanes of at least 4 members (excludes halogenated alkanes) is 8. The van der Waals surface area contributed by atoms with Crippen LogP contribution in [-0.2, 0) is 0 Å². The normalized spacial score (nSPS) is 13.7. The van der Waals surface area contributed by atoms with Gasteiger partial charge < -0.3 is 0 Å². The van der Waals surface area contributed by atoms with Crippen molar-refractivity contribution in [3.63, 3.8) is 0 Å². The Kier molecular flexibility index (Phi) is 9.88. The number of thiazole rings is 1. The van der Waals surface area contributed by atoms with Gasteiger partial charge in [0, 0.05) is 17.5 Å². The molecule has 0 radical (unpaired) electrons. The fourth-order valence-electron chi connectivity index (χ4n) is 3.71. The molecule has 2 atom stereocenters. The lowest BCUT2D eigenvalue weighted by Gasteiger charge is -2.22. The van der Waals surface area contributed by atoms with Crippen molar-refractivity contribution in [3.8, 4) is 0 Å². The second-order valence-corrected chi connectivity index (χ2v) is 8.28. The molecule has 0 bridgehead atoms. The van der Waals surface area contributed by atoms with Crippen LogP contribution in [0.25, 0.3) is 0 Å². The molecule has 2 rings (SSSR count). The van der Waals surface area contributed by atoms with Crippen LogP contribution in [0.1, 0.15) is 94.5 Å². The number of nitrogens with zero attached hydrogens (tertiary/aromatic N) is 1. The van der Waals surface area contributed by atoms with Crippen molar-refractivity contribution in [2.45, 2.75) is 84.0 Å². The Hall–Kier alpha value is -1.15. The first kappa shape index (κ1) is 20.2. The van der Waals surface area contributed by atoms with Crippen LogP contribution in [0.4, 0.5) is 0 Å². The molecule has 0 N–H and O–H groups in total. The third-order valence-corrected chi connectivity index (χ3v) is 6.07. The molecule has 0 saturated carbocycles. The van der Waals surface area contributed by atoms with Gasteiger partial charge in [-0.1, -0.05) is 102 Å². The van der Waals surface area contributed by atoms with Crippen LogP contribution in [0.2, 0.25) is 0 Å². The van der Waals surface area contributed by atoms with Gasteiger partial charge >= 0.3 is 0 Å². The maximum absolute atomic E-state index is 4.63. The van der Waals surface area contributed by atoms with Crippen molar-refractivity contribution >= 4 is 11.3 Å². The molecule has 0 aliphatic heterocycles. The third-order valence-electron chi connectivity index (χ3n) is 5.21. The summed E-state index contributed by atoms with van der Waals surface area (Å²) >= 11 is 1.80. The van der Waals surface area contributed by atoms with Crippen molar-refractivity contribution < 1.29 is 0 Å². The van der Waals surface area contributed by atoms with Crippen LogP contribution in [0.15, 0.2) is 41.9 Å². The van der Waals surface area contributed by atoms with Gasteiger partial charge in [0.25, 0.3) is 0 Å². The maximum Gasteiger partial charge on any atom is 0.100 e. The first-order chi connectivity index (χ1) is 12.3. The predicted octanol–water partition coefficient (Wildman–Crippen LogP) is 7.83. The Balaban J connectivity index is 1.73. The lowest BCUT2D eigenvalue weighted by Crippen LogP contribution is -2.11. The van der Waals surface area contributed by atoms with E-state index in [2.05, 4.69) is 54.5 Å². The smallest absolute Gasteiger partial charge is 0.100 e. The van der Waals surface area contributed by atoms with Gasteiger partial charge in [0.05, 0.1) is 0 Å². The highest BCUT2D eigenvalue weighted by Crippen LogP contribution is 2.35. The summed E-state index contributed by atoms with van der Waals surface area (Å²) in [6.07, 6.45) is 15.9. The summed E-state index contributed by atoms with van der Waals surface area (Å²) in [4.78, 5) is 4.63. The molecule has 2 heteroatoms. The third kappa shape index (κ3) is 7.32. The zero-order chi connectivity index (χ0) is 17.7. The van der Waals surface area contributed by atoms with Gasteiger partial charge in [-0.15, -0.1) is 11.3 Å². The summed E-state index contributed by atoms with van der Waals surface area (Å²) < 4.78 is 0. The monoisotopic (exact) mass is 357 g/mol. The Morgan fingerprint density at radius 1 is 0.880 bits per heavy atom. The van der Waals surface area contributed by atoms with Crippen molar-refractivity contribution in [1.82, 2.24) is 4.98 Å². The van der Waals surface area contributed by atoms with Gasteiger partial charge in [-0.05, 0) is 17.9 Å². The van der Waals surface area contributed by atoms with E-state index in [0.717, 1.165) is 0 Å². The Labute approximate surface area is 158 Å². The minimum Gasteiger partial charge on any atom is -0.249 e. The Bertz CT molecular complexity index is 534. The summed E-state index contributed by atoms with van der Waals surface area (Å²) in [5.41, 5.74) is 1.42. The van der Waals surface area contributed by atoms with E-state index in [4.69, 9.17) is 0 Å². The number of rotatable bonds is 13. The lowest BCUT2D eigenvalue weighted by atomic mass is 9.84. The average Bonchev–Trinajstić information content (AvgIpc) is 3.15. The molecule has 0 amide bonds. The number of aromatic nitrogens is 1. The van der Waals surface area contributed by atoms with E-state index in [9.17, 15) is 0 Å². The highest BCUT2D eigenvalue weighted by molar-refractivity contribution is 7.09. The molecule has 0 fully saturated rings. The van der Waals surface area contributed by atoms with E-state index in [-0.39, 0.29) is 0 Å². The van der Waals surface area contributed by atoms with Gasteiger partial charge in [0.15, 0.2) is 0 Å². The highest BCUT2D eigenvalue weighted by Gasteiger charge is 2.23. The number of hydrogen-bond donors (Lipinski definition) is 0. The van der Waals surface area contributed by atoms with E-state index in [1.54, 1.807) is 11.3 Å². The average molecular weight is 358 g/mol. The molecule has 0 saturated heterocycles. The maximum atomic E-state index is 4.63. The number of benzene rings is 1. The first-order valence-corrected chi connectivity index (χ1v) is 11.1. The first-order valence-electron chi connectivity index (χ1n) is 10.3. The molecule has 2 aromatic rings. The summed E-state index contributed by atoms with van der Waals surface area (Å²) in [7, 11) is 0. The van der Waals surface area contributed by atoms with Gasteiger partial charge in [0.2, 0.25) is 0 Å². The molecule has 1 nitrogen and oxygen atoms in total. The van der Waals surface area contributed by atoms with Gasteiger partial charge in [-0.25, -0.2) is 4.98 Å². The van der Waals surface area contributed by atoms with Crippen LogP contribution in [0.3, 0.4) is 0 Å². The standard InChI is InChI=1S/C23H35NS/c1-3-4-5-6-7-8-9-10-12-15-20(2)22(23-24-18-19-25-23)21-16-13-11-14-17-21/h11,13-14,16-20,22H,3-10,12,15H2,1-2H3. The lowest BCUT2D eigenvalue weighted by molar-refractivity contribution is 0.439. The van der Waals surface area contributed by atoms with Crippen LogP contribution in [-0.4, -0.2) is 4.98 Å². The van der Waals surface area contributed by atoms with Crippen LogP contribution < -0.4 is 0 Å². The molecule has 1 aromatic carbocycles. The number of hydrogen-bond acceptors (Lipinski definition) is 2. The zero-order valence-electron chi connectivity index (χ0n) is 16.1. The second kappa shape index (κ2) is 12.2. The SMILES string of the molecule is CCCCCCCCCCCC(C)C(c1ccccc1)c1nccs1. The summed E-state index contributed by atoms with van der Waals surface area (Å²) in [6.45, 7) is 4.69. The van der Waals surface area contributed by atoms with Crippen LogP contribution in [0, 0.1) is 5.92 Å². The second-order valence-electron chi connectivity index (χ2n) is 7.35. The highest BCUT2D eigenvalue weighted by atomic mass is 32.1. The fraction of sp³-hybridized carbons (Fsp3) is 0.609. The largest absolute Gasteiger partial charge is 0.249 e. The van der Waals surface area contributed by atoms with Crippen LogP contribution in [0.5, 0.6) is 0 Å². The van der Waals surface area contributed by atoms with Crippen molar-refractivity contribution in [3.05, 3.63) is 52.5 Å². The molecule has 1 heterocycles. The summed E-state index contributed by atoms with van der Waals surface area (Å²) in [5.74, 6) is 1.10. The molecule has 25 heavy (non-hydrogen) atoms. The van der Waals surface area contributed by atoms with Crippen molar-refractivity contribution in [2.75, 3.05) is 0 Å². The van der Waals surface area contributed by atoms with E-state index < -0.39 is 0 Å². The molecular formula is C23H35NS. The van der Waals surface area contributed by atoms with Crippen molar-refractivity contribution in [1.29, 1.82) is 0 Å². The topological polar surface area (TPSA) is 12.9 Å². The van der Waals surface area contributed by atoms with Crippen LogP contribution >= 0.6 is 11.3 Å². The molecule has 0 spiro atoms. The van der Waals surface area contributed by atoms with Gasteiger partial charge in [-0.3, -0.25) is 0 Å². The zero-order valence-corrected chi connectivity index (χ0v) is 16.9. The Morgan fingerprint density at radius 2 is 1.52 bits per heavy atom. The van der Waals surface area contributed by atoms with Crippen molar-refractivity contribution in [2.24, 2.45) is 5.92 Å².